The van der Waals surface area contributed by atoms with Crippen molar-refractivity contribution in [2.24, 2.45) is 0 Å². The minimum atomic E-state index is -6.23. The molecule has 0 N–H and O–H groups in total. The van der Waals surface area contributed by atoms with E-state index in [4.69, 9.17) is 0 Å². The van der Waals surface area contributed by atoms with E-state index in [1.165, 1.54) is 60.7 Å². The minimum Gasteiger partial charge on any atom is -0.375 e. The zero-order chi connectivity index (χ0) is 26.5. The van der Waals surface area contributed by atoms with E-state index in [0.717, 1.165) is 12.1 Å². The van der Waals surface area contributed by atoms with Crippen molar-refractivity contribution < 1.29 is 51.5 Å². The highest BCUT2D eigenvalue weighted by Gasteiger charge is 2.50. The molecule has 0 saturated heterocycles. The van der Waals surface area contributed by atoms with Crippen molar-refractivity contribution in [2.75, 3.05) is 0 Å². The summed E-state index contributed by atoms with van der Waals surface area (Å²) in [4.78, 5) is 0. The molecule has 0 unspecified atom stereocenters. The highest BCUT2D eigenvalue weighted by atomic mass is 32.2. The second-order valence-electron chi connectivity index (χ2n) is 7.29. The maximum Gasteiger partial charge on any atom is 0.534 e. The predicted molar refractivity (Wildman–Crippen MR) is 118 cm³/mol. The van der Waals surface area contributed by atoms with Crippen LogP contribution in [0.15, 0.2) is 72.8 Å². The second kappa shape index (κ2) is 8.55. The Bertz CT molecular complexity index is 1570. The van der Waals surface area contributed by atoms with Crippen LogP contribution in [0.5, 0.6) is 11.5 Å². The van der Waals surface area contributed by atoms with E-state index in [0.29, 0.717) is 0 Å². The van der Waals surface area contributed by atoms with Crippen molar-refractivity contribution in [1.82, 2.24) is 0 Å². The first-order valence-electron chi connectivity index (χ1n) is 9.68. The van der Waals surface area contributed by atoms with Crippen molar-refractivity contribution in [3.05, 3.63) is 72.8 Å². The fraction of sp³-hybridized carbons (Fsp3) is 0.0909. The first-order chi connectivity index (χ1) is 16.6. The van der Waals surface area contributed by atoms with Gasteiger partial charge in [0.05, 0.1) is 0 Å². The molecule has 0 bridgehead atoms. The van der Waals surface area contributed by atoms with Gasteiger partial charge in [0.15, 0.2) is 11.5 Å². The maximum absolute atomic E-state index is 13.2. The fourth-order valence-corrected chi connectivity index (χ4v) is 4.39. The summed E-state index contributed by atoms with van der Waals surface area (Å²) >= 11 is 0. The molecule has 4 aromatic rings. The molecule has 0 aliphatic carbocycles. The van der Waals surface area contributed by atoms with Crippen molar-refractivity contribution >= 4 is 41.8 Å². The predicted octanol–water partition coefficient (Wildman–Crippen LogP) is 6.12. The number of benzene rings is 4. The van der Waals surface area contributed by atoms with Crippen LogP contribution in [-0.4, -0.2) is 27.9 Å². The largest absolute Gasteiger partial charge is 0.534 e. The maximum atomic E-state index is 13.2. The molecule has 0 amide bonds. The molecule has 0 radical (unpaired) electrons. The summed E-state index contributed by atoms with van der Waals surface area (Å²) < 4.78 is 135. The summed E-state index contributed by atoms with van der Waals surface area (Å²) in [6.45, 7) is 0. The lowest BCUT2D eigenvalue weighted by Crippen LogP contribution is -2.28. The fourth-order valence-electron chi connectivity index (χ4n) is 3.40. The second-order valence-corrected chi connectivity index (χ2v) is 10.4. The zero-order valence-electron chi connectivity index (χ0n) is 17.5. The molecule has 36 heavy (non-hydrogen) atoms. The molecule has 4 aromatic carbocycles. The third-order valence-corrected chi connectivity index (χ3v) is 6.91. The van der Waals surface area contributed by atoms with Crippen LogP contribution >= 0.6 is 0 Å². The zero-order valence-corrected chi connectivity index (χ0v) is 19.1. The quantitative estimate of drug-likeness (QED) is 0.169. The van der Waals surface area contributed by atoms with E-state index in [9.17, 15) is 43.2 Å². The normalized spacial score (nSPS) is 13.2. The molecule has 0 aliphatic heterocycles. The van der Waals surface area contributed by atoms with Crippen molar-refractivity contribution in [3.63, 3.8) is 0 Å². The van der Waals surface area contributed by atoms with Crippen LogP contribution in [0.1, 0.15) is 0 Å². The number of hydrogen-bond donors (Lipinski definition) is 0. The van der Waals surface area contributed by atoms with E-state index < -0.39 is 53.9 Å². The standard InChI is InChI=1S/C22H12F6O6S2/c23-21(24,25)35(29,30)33-19-15-7-3-1-5-13(15)9-11-17(19)18-12-10-14-6-2-4-8-16(14)20(18)34-36(31,32)22(26,27)28/h1-12H. The average Bonchev–Trinajstić information content (AvgIpc) is 2.78. The van der Waals surface area contributed by atoms with Gasteiger partial charge in [-0.1, -0.05) is 60.7 Å². The molecule has 0 heterocycles. The van der Waals surface area contributed by atoms with Gasteiger partial charge >= 0.3 is 31.3 Å². The molecule has 0 atom stereocenters. The molecule has 6 nitrogen and oxygen atoms in total. The lowest BCUT2D eigenvalue weighted by atomic mass is 9.96. The Kier molecular flexibility index (Phi) is 6.07. The van der Waals surface area contributed by atoms with Gasteiger partial charge in [-0.25, -0.2) is 0 Å². The highest BCUT2D eigenvalue weighted by molar-refractivity contribution is 7.88. The van der Waals surface area contributed by atoms with Crippen molar-refractivity contribution in [1.29, 1.82) is 0 Å². The van der Waals surface area contributed by atoms with Crippen LogP contribution in [-0.2, 0) is 20.2 Å². The van der Waals surface area contributed by atoms with Gasteiger partial charge < -0.3 is 8.37 Å². The van der Waals surface area contributed by atoms with Crippen LogP contribution < -0.4 is 8.37 Å². The molecular weight excluding hydrogens is 538 g/mol. The topological polar surface area (TPSA) is 86.7 Å². The summed E-state index contributed by atoms with van der Waals surface area (Å²) in [5.74, 6) is -1.76. The van der Waals surface area contributed by atoms with Gasteiger partial charge in [-0.3, -0.25) is 0 Å². The molecule has 4 rings (SSSR count). The molecule has 14 heteroatoms. The van der Waals surface area contributed by atoms with Crippen molar-refractivity contribution in [3.8, 4) is 22.6 Å². The molecule has 190 valence electrons. The van der Waals surface area contributed by atoms with Gasteiger partial charge in [-0.15, -0.1) is 0 Å². The Balaban J connectivity index is 2.08. The van der Waals surface area contributed by atoms with Gasteiger partial charge in [0.2, 0.25) is 0 Å². The molecule has 0 fully saturated rings. The van der Waals surface area contributed by atoms with E-state index in [1.807, 2.05) is 0 Å². The van der Waals surface area contributed by atoms with Crippen LogP contribution in [0, 0.1) is 0 Å². The number of alkyl halides is 6. The van der Waals surface area contributed by atoms with E-state index in [2.05, 4.69) is 8.37 Å². The summed E-state index contributed by atoms with van der Waals surface area (Å²) in [7, 11) is -12.5. The molecule has 0 spiro atoms. The van der Waals surface area contributed by atoms with Gasteiger partial charge in [0.1, 0.15) is 0 Å². The molecular formula is C22H12F6O6S2. The summed E-state index contributed by atoms with van der Waals surface area (Å²) in [5, 5.41) is 0.195. The van der Waals surface area contributed by atoms with Gasteiger partial charge in [0, 0.05) is 21.9 Å². The Morgan fingerprint density at radius 1 is 0.500 bits per heavy atom. The van der Waals surface area contributed by atoms with Gasteiger partial charge in [0.25, 0.3) is 0 Å². The van der Waals surface area contributed by atoms with Gasteiger partial charge in [-0.05, 0) is 22.9 Å². The highest BCUT2D eigenvalue weighted by Crippen LogP contribution is 2.46. The number of hydrogen-bond acceptors (Lipinski definition) is 6. The lowest BCUT2D eigenvalue weighted by molar-refractivity contribution is -0.0504. The Morgan fingerprint density at radius 3 is 1.17 bits per heavy atom. The van der Waals surface area contributed by atoms with Crippen LogP contribution in [0.4, 0.5) is 26.3 Å². The monoisotopic (exact) mass is 550 g/mol. The first kappa shape index (κ1) is 25.6. The van der Waals surface area contributed by atoms with Crippen LogP contribution in [0.3, 0.4) is 0 Å². The summed E-state index contributed by atoms with van der Waals surface area (Å²) in [6.07, 6.45) is 0. The third-order valence-electron chi connectivity index (χ3n) is 5.00. The van der Waals surface area contributed by atoms with Crippen molar-refractivity contribution in [2.45, 2.75) is 11.0 Å². The molecule has 0 saturated carbocycles. The first-order valence-corrected chi connectivity index (χ1v) is 12.5. The van der Waals surface area contributed by atoms with Gasteiger partial charge in [-0.2, -0.15) is 43.2 Å². The smallest absolute Gasteiger partial charge is 0.375 e. The minimum absolute atomic E-state index is 0.138. The van der Waals surface area contributed by atoms with Crippen LogP contribution in [0.2, 0.25) is 0 Å². The third kappa shape index (κ3) is 4.53. The van der Waals surface area contributed by atoms with E-state index in [-0.39, 0.29) is 21.5 Å². The number of halogens is 6. The number of fused-ring (bicyclic) bond motifs is 2. The molecule has 0 aliphatic rings. The van der Waals surface area contributed by atoms with E-state index in [1.54, 1.807) is 0 Å². The Morgan fingerprint density at radius 2 is 0.833 bits per heavy atom. The molecule has 0 aromatic heterocycles. The SMILES string of the molecule is O=S(=O)(Oc1c(-c2ccc3ccccc3c2OS(=O)(=O)C(F)(F)F)ccc2ccccc12)C(F)(F)F. The average molecular weight is 550 g/mol. The lowest BCUT2D eigenvalue weighted by Gasteiger charge is -2.19. The van der Waals surface area contributed by atoms with Crippen LogP contribution in [0.25, 0.3) is 32.7 Å². The summed E-state index contributed by atoms with van der Waals surface area (Å²) in [6, 6.07) is 15.9. The Labute approximate surface area is 199 Å². The summed E-state index contributed by atoms with van der Waals surface area (Å²) in [5.41, 5.74) is -12.6. The number of rotatable bonds is 5. The Hall–Kier alpha value is -3.52. The van der Waals surface area contributed by atoms with E-state index >= 15 is 0 Å².